The van der Waals surface area contributed by atoms with Gasteiger partial charge in [0.15, 0.2) is 12.4 Å². The first-order chi connectivity index (χ1) is 15.2. The summed E-state index contributed by atoms with van der Waals surface area (Å²) in [6.45, 7) is -0.00877. The van der Waals surface area contributed by atoms with Crippen molar-refractivity contribution in [3.05, 3.63) is 61.1 Å². The molecule has 0 bridgehead atoms. The number of nitrogens with zero attached hydrogens (tertiary/aromatic N) is 3. The van der Waals surface area contributed by atoms with E-state index in [2.05, 4.69) is 20.6 Å². The predicted octanol–water partition coefficient (Wildman–Crippen LogP) is 3.81. The number of hydrogen-bond acceptors (Lipinski definition) is 6. The average Bonchev–Trinajstić information content (AvgIpc) is 3.28. The molecule has 1 aliphatic carbocycles. The largest absolute Gasteiger partial charge is 0.484 e. The number of para-hydroxylation sites is 1. The third-order valence-corrected chi connectivity index (χ3v) is 5.29. The van der Waals surface area contributed by atoms with Crippen molar-refractivity contribution in [3.8, 4) is 17.1 Å². The van der Waals surface area contributed by atoms with Gasteiger partial charge in [0.05, 0.1) is 18.0 Å². The van der Waals surface area contributed by atoms with Crippen LogP contribution in [0.4, 0.5) is 11.6 Å². The Labute approximate surface area is 179 Å². The molecule has 2 aromatic heterocycles. The van der Waals surface area contributed by atoms with E-state index in [4.69, 9.17) is 14.7 Å². The second kappa shape index (κ2) is 8.43. The van der Waals surface area contributed by atoms with Gasteiger partial charge in [-0.15, -0.1) is 0 Å². The van der Waals surface area contributed by atoms with Gasteiger partial charge in [-0.05, 0) is 43.5 Å². The molecule has 2 heterocycles. The molecule has 2 aromatic carbocycles. The zero-order chi connectivity index (χ0) is 21.0. The molecule has 8 heteroatoms. The van der Waals surface area contributed by atoms with Gasteiger partial charge in [0.1, 0.15) is 17.4 Å². The quantitative estimate of drug-likeness (QED) is 0.425. The first-order valence-corrected chi connectivity index (χ1v) is 10.3. The van der Waals surface area contributed by atoms with E-state index in [-0.39, 0.29) is 12.5 Å². The van der Waals surface area contributed by atoms with Gasteiger partial charge in [-0.1, -0.05) is 24.3 Å². The smallest absolute Gasteiger partial charge is 0.258 e. The summed E-state index contributed by atoms with van der Waals surface area (Å²) in [7, 11) is 0. The lowest BCUT2D eigenvalue weighted by Gasteiger charge is -2.26. The molecule has 1 amide bonds. The van der Waals surface area contributed by atoms with Crippen LogP contribution in [-0.2, 0) is 4.79 Å². The third-order valence-electron chi connectivity index (χ3n) is 5.29. The van der Waals surface area contributed by atoms with Crippen LogP contribution in [0.25, 0.3) is 22.3 Å². The molecular formula is C23H22N6O2. The van der Waals surface area contributed by atoms with Crippen LogP contribution < -0.4 is 15.4 Å². The van der Waals surface area contributed by atoms with Gasteiger partial charge in [0.25, 0.3) is 5.91 Å². The number of fused-ring (bicyclic) bond motifs is 1. The number of nitrogens with one attached hydrogen (secondary N) is 3. The summed E-state index contributed by atoms with van der Waals surface area (Å²) in [6.07, 6.45) is 6.58. The van der Waals surface area contributed by atoms with Crippen LogP contribution in [0.3, 0.4) is 0 Å². The molecular weight excluding hydrogens is 392 g/mol. The molecule has 0 spiro atoms. The first-order valence-electron chi connectivity index (χ1n) is 10.3. The lowest BCUT2D eigenvalue weighted by Crippen LogP contribution is -2.41. The van der Waals surface area contributed by atoms with Crippen LogP contribution in [0, 0.1) is 0 Å². The summed E-state index contributed by atoms with van der Waals surface area (Å²) in [6, 6.07) is 15.6. The van der Waals surface area contributed by atoms with Crippen LogP contribution in [0.5, 0.6) is 5.75 Å². The second-order valence-corrected chi connectivity index (χ2v) is 7.52. The highest BCUT2D eigenvalue weighted by Crippen LogP contribution is 2.28. The molecule has 3 N–H and O–H groups in total. The molecule has 0 saturated heterocycles. The van der Waals surface area contributed by atoms with Gasteiger partial charge in [0, 0.05) is 17.0 Å². The highest BCUT2D eigenvalue weighted by molar-refractivity contribution is 5.92. The Hall–Kier alpha value is -3.94. The van der Waals surface area contributed by atoms with Crippen molar-refractivity contribution in [2.45, 2.75) is 25.3 Å². The maximum Gasteiger partial charge on any atom is 0.258 e. The topological polar surface area (TPSA) is 105 Å². The lowest BCUT2D eigenvalue weighted by atomic mass is 9.93. The standard InChI is InChI=1S/C23H22N6O2/c30-21(26-16-6-4-7-16)13-31-17-8-3-5-15(11-17)22-27-19-10-2-1-9-18(19)23(29-22)28-20-12-24-14-25-20/h1-3,5,8-12,14,16H,4,6-7,13H2,(H,24,25)(H,26,30)(H,27,28,29). The Morgan fingerprint density at radius 1 is 1.13 bits per heavy atom. The van der Waals surface area contributed by atoms with E-state index < -0.39 is 0 Å². The molecule has 8 nitrogen and oxygen atoms in total. The van der Waals surface area contributed by atoms with Crippen molar-refractivity contribution in [2.24, 2.45) is 0 Å². The van der Waals surface area contributed by atoms with Gasteiger partial charge in [-0.3, -0.25) is 4.79 Å². The minimum absolute atomic E-state index is 0.00877. The molecule has 4 aromatic rings. The summed E-state index contributed by atoms with van der Waals surface area (Å²) in [5, 5.41) is 7.15. The van der Waals surface area contributed by atoms with E-state index in [1.165, 1.54) is 6.42 Å². The van der Waals surface area contributed by atoms with Crippen molar-refractivity contribution < 1.29 is 9.53 Å². The number of imidazole rings is 1. The first kappa shape index (κ1) is 19.0. The van der Waals surface area contributed by atoms with Crippen molar-refractivity contribution in [3.63, 3.8) is 0 Å². The molecule has 0 aliphatic heterocycles. The lowest BCUT2D eigenvalue weighted by molar-refractivity contribution is -0.124. The maximum absolute atomic E-state index is 12.0. The van der Waals surface area contributed by atoms with Crippen molar-refractivity contribution in [1.82, 2.24) is 25.3 Å². The second-order valence-electron chi connectivity index (χ2n) is 7.52. The summed E-state index contributed by atoms with van der Waals surface area (Å²) in [5.74, 6) is 2.48. The van der Waals surface area contributed by atoms with Crippen LogP contribution in [0.15, 0.2) is 61.1 Å². The summed E-state index contributed by atoms with van der Waals surface area (Å²) in [4.78, 5) is 28.6. The average molecular weight is 414 g/mol. The molecule has 0 atom stereocenters. The number of anilines is 2. The minimum atomic E-state index is -0.0944. The SMILES string of the molecule is O=C(COc1cccc(-c2nc(Nc3cnc[nH]3)c3ccccc3n2)c1)NC1CCC1. The molecule has 0 unspecified atom stereocenters. The number of amides is 1. The van der Waals surface area contributed by atoms with Gasteiger partial charge in [-0.25, -0.2) is 15.0 Å². The number of H-pyrrole nitrogens is 1. The van der Waals surface area contributed by atoms with E-state index in [0.717, 1.165) is 35.1 Å². The highest BCUT2D eigenvalue weighted by atomic mass is 16.5. The fraction of sp³-hybridized carbons (Fsp3) is 0.217. The van der Waals surface area contributed by atoms with Crippen LogP contribution in [0.1, 0.15) is 19.3 Å². The normalized spacial score (nSPS) is 13.5. The Balaban J connectivity index is 1.39. The number of carbonyl (C=O) groups excluding carboxylic acids is 1. The van der Waals surface area contributed by atoms with Crippen molar-refractivity contribution in [2.75, 3.05) is 11.9 Å². The van der Waals surface area contributed by atoms with E-state index in [0.29, 0.717) is 23.4 Å². The van der Waals surface area contributed by atoms with Crippen molar-refractivity contribution in [1.29, 1.82) is 0 Å². The number of carbonyl (C=O) groups is 1. The Bertz CT molecular complexity index is 1200. The van der Waals surface area contributed by atoms with Gasteiger partial charge < -0.3 is 20.4 Å². The molecule has 1 fully saturated rings. The van der Waals surface area contributed by atoms with Gasteiger partial charge in [-0.2, -0.15) is 0 Å². The monoisotopic (exact) mass is 414 g/mol. The third kappa shape index (κ3) is 4.32. The summed E-state index contributed by atoms with van der Waals surface area (Å²) < 4.78 is 5.71. The van der Waals surface area contributed by atoms with Gasteiger partial charge in [0.2, 0.25) is 0 Å². The molecule has 1 saturated carbocycles. The van der Waals surface area contributed by atoms with E-state index in [9.17, 15) is 4.79 Å². The summed E-state index contributed by atoms with van der Waals surface area (Å²) >= 11 is 0. The predicted molar refractivity (Wildman–Crippen MR) is 118 cm³/mol. The Morgan fingerprint density at radius 3 is 2.84 bits per heavy atom. The zero-order valence-electron chi connectivity index (χ0n) is 16.8. The number of hydrogen-bond donors (Lipinski definition) is 3. The van der Waals surface area contributed by atoms with E-state index in [1.54, 1.807) is 12.5 Å². The van der Waals surface area contributed by atoms with E-state index in [1.807, 2.05) is 48.5 Å². The number of rotatable bonds is 7. The summed E-state index contributed by atoms with van der Waals surface area (Å²) in [5.41, 5.74) is 1.62. The minimum Gasteiger partial charge on any atom is -0.484 e. The van der Waals surface area contributed by atoms with Crippen LogP contribution >= 0.6 is 0 Å². The fourth-order valence-corrected chi connectivity index (χ4v) is 3.45. The van der Waals surface area contributed by atoms with Crippen LogP contribution in [-0.4, -0.2) is 38.5 Å². The Morgan fingerprint density at radius 2 is 2.03 bits per heavy atom. The molecule has 31 heavy (non-hydrogen) atoms. The molecule has 0 radical (unpaired) electrons. The maximum atomic E-state index is 12.0. The molecule has 5 rings (SSSR count). The molecule has 156 valence electrons. The van der Waals surface area contributed by atoms with Crippen molar-refractivity contribution >= 4 is 28.4 Å². The molecule has 1 aliphatic rings. The highest BCUT2D eigenvalue weighted by Gasteiger charge is 2.19. The fourth-order valence-electron chi connectivity index (χ4n) is 3.45. The van der Waals surface area contributed by atoms with E-state index >= 15 is 0 Å². The Kier molecular flexibility index (Phi) is 5.18. The number of benzene rings is 2. The number of ether oxygens (including phenoxy) is 1. The van der Waals surface area contributed by atoms with Gasteiger partial charge >= 0.3 is 0 Å². The van der Waals surface area contributed by atoms with Crippen LogP contribution in [0.2, 0.25) is 0 Å². The zero-order valence-corrected chi connectivity index (χ0v) is 16.8. The number of aromatic amines is 1. The number of aromatic nitrogens is 4.